The van der Waals surface area contributed by atoms with Gasteiger partial charge in [-0.25, -0.2) is 9.97 Å². The zero-order valence-electron chi connectivity index (χ0n) is 24.3. The van der Waals surface area contributed by atoms with E-state index in [4.69, 9.17) is 26.3 Å². The molecule has 0 saturated carbocycles. The van der Waals surface area contributed by atoms with Crippen LogP contribution in [0.1, 0.15) is 29.2 Å². The largest absolute Gasteiger partial charge is 0.457 e. The highest BCUT2D eigenvalue weighted by Gasteiger charge is 2.51. The summed E-state index contributed by atoms with van der Waals surface area (Å²) in [5.74, 6) is 1.71. The van der Waals surface area contributed by atoms with E-state index in [9.17, 15) is 0 Å². The van der Waals surface area contributed by atoms with Gasteiger partial charge in [-0.3, -0.25) is 0 Å². The van der Waals surface area contributed by atoms with Gasteiger partial charge in [-0.1, -0.05) is 104 Å². The lowest BCUT2D eigenvalue weighted by Gasteiger charge is -2.40. The summed E-state index contributed by atoms with van der Waals surface area (Å²) in [6.07, 6.45) is 2.32. The molecule has 9 rings (SSSR count). The Bertz CT molecular complexity index is 2480. The number of allylic oxidation sites excluding steroid dienone is 2. The second-order valence-electron chi connectivity index (χ2n) is 11.6. The van der Waals surface area contributed by atoms with Gasteiger partial charge in [-0.05, 0) is 75.5 Å². The molecule has 1 spiro atoms. The molecule has 0 fully saturated rings. The number of hydrogen-bond donors (Lipinski definition) is 0. The smallest absolute Gasteiger partial charge is 0.223 e. The Labute approximate surface area is 269 Å². The zero-order chi connectivity index (χ0) is 30.3. The Morgan fingerprint density at radius 2 is 1.42 bits per heavy atom. The fourth-order valence-electron chi connectivity index (χ4n) is 7.40. The number of nitrogens with zero attached hydrogens (tertiary/aromatic N) is 2. The fourth-order valence-corrected chi connectivity index (χ4v) is 8.71. The summed E-state index contributed by atoms with van der Waals surface area (Å²) < 4.78 is 8.77. The molecule has 0 unspecified atom stereocenters. The first-order chi connectivity index (χ1) is 22.1. The highest BCUT2D eigenvalue weighted by Crippen LogP contribution is 2.62. The molecule has 2 aromatic heterocycles. The molecule has 3 nitrogen and oxygen atoms in total. The van der Waals surface area contributed by atoms with Gasteiger partial charge in [0, 0.05) is 26.8 Å². The molecule has 5 aromatic carbocycles. The highest BCUT2D eigenvalue weighted by atomic mass is 35.5. The Morgan fingerprint density at radius 1 is 0.756 bits per heavy atom. The average molecular weight is 617 g/mol. The summed E-state index contributed by atoms with van der Waals surface area (Å²) in [5.41, 5.74) is 9.09. The van der Waals surface area contributed by atoms with Crippen molar-refractivity contribution in [1.82, 2.24) is 9.97 Å². The van der Waals surface area contributed by atoms with Crippen molar-refractivity contribution in [2.75, 3.05) is 0 Å². The Hall–Kier alpha value is -5.03. The van der Waals surface area contributed by atoms with Crippen LogP contribution in [-0.4, -0.2) is 9.97 Å². The van der Waals surface area contributed by atoms with E-state index >= 15 is 0 Å². The van der Waals surface area contributed by atoms with Crippen LogP contribution >= 0.6 is 22.9 Å². The molecule has 214 valence electrons. The summed E-state index contributed by atoms with van der Waals surface area (Å²) in [6.45, 7) is 6.62. The first-order valence-electron chi connectivity index (χ1n) is 14.9. The van der Waals surface area contributed by atoms with Gasteiger partial charge < -0.3 is 4.74 Å². The Morgan fingerprint density at radius 3 is 2.20 bits per heavy atom. The number of halogens is 1. The first-order valence-corrected chi connectivity index (χ1v) is 16.1. The number of para-hydroxylation sites is 2. The Kier molecular flexibility index (Phi) is 5.71. The van der Waals surface area contributed by atoms with Crippen LogP contribution in [0.25, 0.3) is 49.8 Å². The van der Waals surface area contributed by atoms with Crippen LogP contribution in [0.15, 0.2) is 121 Å². The third-order valence-corrected chi connectivity index (χ3v) is 10.6. The summed E-state index contributed by atoms with van der Waals surface area (Å²) in [4.78, 5) is 9.63. The van der Waals surface area contributed by atoms with Crippen molar-refractivity contribution in [3.63, 3.8) is 0 Å². The number of rotatable bonds is 2. The molecule has 5 heteroatoms. The molecule has 0 atom stereocenters. The van der Waals surface area contributed by atoms with E-state index in [0.29, 0.717) is 0 Å². The molecule has 0 radical (unpaired) electrons. The molecular formula is C40H25ClN2OS. The average Bonchev–Trinajstić information content (AvgIpc) is 3.55. The van der Waals surface area contributed by atoms with Gasteiger partial charge in [-0.15, -0.1) is 11.3 Å². The normalized spacial score (nSPS) is 14.9. The van der Waals surface area contributed by atoms with Gasteiger partial charge in [0.05, 0.1) is 21.3 Å². The molecule has 1 aliphatic heterocycles. The lowest BCUT2D eigenvalue weighted by molar-refractivity contribution is 0.436. The van der Waals surface area contributed by atoms with Crippen molar-refractivity contribution in [3.05, 3.63) is 159 Å². The number of ether oxygens (including phenoxy) is 1. The standard InChI is InChI=1S/C40H25ClN2OS/c1-23-12-3-4-13-25(23)22-31-24(2)35-27(37-38-36(42-39(41)43-37)26-14-5-10-21-34(26)45-38)15-11-18-30(35)40(31)28-16-6-8-19-32(28)44-33-20-9-7-17-29(33)40/h3-22H,1H2,2H3/b25-22-. The van der Waals surface area contributed by atoms with Gasteiger partial charge in [0.1, 0.15) is 11.5 Å². The second kappa shape index (κ2) is 9.73. The van der Waals surface area contributed by atoms with E-state index in [1.54, 1.807) is 11.3 Å². The van der Waals surface area contributed by atoms with Crippen molar-refractivity contribution in [3.8, 4) is 22.8 Å². The number of benzene rings is 5. The minimum Gasteiger partial charge on any atom is -0.457 e. The highest BCUT2D eigenvalue weighted by molar-refractivity contribution is 7.26. The van der Waals surface area contributed by atoms with Crippen LogP contribution in [0.3, 0.4) is 0 Å². The van der Waals surface area contributed by atoms with E-state index in [2.05, 4.69) is 111 Å². The summed E-state index contributed by atoms with van der Waals surface area (Å²) in [6, 6.07) is 40.1. The third-order valence-electron chi connectivity index (χ3n) is 9.26. The van der Waals surface area contributed by atoms with Crippen molar-refractivity contribution in [2.45, 2.75) is 12.3 Å². The summed E-state index contributed by atoms with van der Waals surface area (Å²) >= 11 is 8.40. The van der Waals surface area contributed by atoms with Crippen LogP contribution in [0.2, 0.25) is 5.28 Å². The number of fused-ring (bicyclic) bond motifs is 9. The van der Waals surface area contributed by atoms with Crippen LogP contribution in [0.4, 0.5) is 0 Å². The van der Waals surface area contributed by atoms with E-state index in [1.807, 2.05) is 24.3 Å². The lowest BCUT2D eigenvalue weighted by Crippen LogP contribution is -2.34. The van der Waals surface area contributed by atoms with Gasteiger partial charge in [0.15, 0.2) is 0 Å². The maximum atomic E-state index is 6.69. The second-order valence-corrected chi connectivity index (χ2v) is 13.0. The number of aromatic nitrogens is 2. The van der Waals surface area contributed by atoms with Gasteiger partial charge in [-0.2, -0.15) is 0 Å². The van der Waals surface area contributed by atoms with E-state index in [1.165, 1.54) is 16.7 Å². The number of thiophene rings is 1. The molecule has 45 heavy (non-hydrogen) atoms. The molecule has 0 saturated heterocycles. The lowest BCUT2D eigenvalue weighted by atomic mass is 9.65. The van der Waals surface area contributed by atoms with Crippen molar-refractivity contribution >= 4 is 61.5 Å². The zero-order valence-corrected chi connectivity index (χ0v) is 25.9. The Balaban J connectivity index is 1.46. The molecule has 0 amide bonds. The summed E-state index contributed by atoms with van der Waals surface area (Å²) in [7, 11) is 0. The van der Waals surface area contributed by atoms with Gasteiger partial charge in [0.25, 0.3) is 0 Å². The predicted molar refractivity (Wildman–Crippen MR) is 186 cm³/mol. The van der Waals surface area contributed by atoms with Crippen LogP contribution < -0.4 is 15.2 Å². The van der Waals surface area contributed by atoms with Crippen molar-refractivity contribution < 1.29 is 4.74 Å². The van der Waals surface area contributed by atoms with Gasteiger partial charge >= 0.3 is 0 Å². The molecular weight excluding hydrogens is 592 g/mol. The van der Waals surface area contributed by atoms with Crippen LogP contribution in [0, 0.1) is 0 Å². The molecule has 0 bridgehead atoms. The van der Waals surface area contributed by atoms with E-state index in [-0.39, 0.29) is 5.28 Å². The monoisotopic (exact) mass is 616 g/mol. The molecule has 3 heterocycles. The minimum atomic E-state index is -0.626. The molecule has 1 aliphatic carbocycles. The minimum absolute atomic E-state index is 0.243. The summed E-state index contributed by atoms with van der Waals surface area (Å²) in [5, 5.41) is 3.39. The maximum Gasteiger partial charge on any atom is 0.223 e. The molecule has 2 aliphatic rings. The fraction of sp³-hybridized carbons (Fsp3) is 0.0500. The van der Waals surface area contributed by atoms with Crippen molar-refractivity contribution in [1.29, 1.82) is 0 Å². The quantitative estimate of drug-likeness (QED) is 0.182. The van der Waals surface area contributed by atoms with Crippen LogP contribution in [0.5, 0.6) is 11.5 Å². The van der Waals surface area contributed by atoms with Crippen molar-refractivity contribution in [2.24, 2.45) is 0 Å². The van der Waals surface area contributed by atoms with E-state index < -0.39 is 5.41 Å². The molecule has 7 aromatic rings. The predicted octanol–water partition coefficient (Wildman–Crippen LogP) is 9.28. The van der Waals surface area contributed by atoms with Gasteiger partial charge in [0.2, 0.25) is 5.28 Å². The molecule has 0 N–H and O–H groups in total. The maximum absolute atomic E-state index is 6.69. The topological polar surface area (TPSA) is 35.0 Å². The van der Waals surface area contributed by atoms with Crippen LogP contribution in [-0.2, 0) is 5.41 Å². The third kappa shape index (κ3) is 3.64. The van der Waals surface area contributed by atoms with E-state index in [0.717, 1.165) is 70.2 Å². The first kappa shape index (κ1) is 26.4. The number of hydrogen-bond acceptors (Lipinski definition) is 4. The SMILES string of the molecule is C=c1cccc/c1=C/C1=C(C)c2c(-c3nc(Cl)nc4c3sc3ccccc34)cccc2C12c1ccccc1Oc1ccccc12.